The standard InChI is InChI=1S/C15H19N3O2/c1-15(2,3)14(19)16-10-9-12-17-18-13(20-12)11-7-5-4-6-8-11/h4-8H,9-10H2,1-3H3,(H,16,19). The lowest BCUT2D eigenvalue weighted by molar-refractivity contribution is -0.128. The second kappa shape index (κ2) is 5.86. The SMILES string of the molecule is CC(C)(C)C(=O)NCCc1nnc(-c2ccccc2)o1. The van der Waals surface area contributed by atoms with Gasteiger partial charge in [0.15, 0.2) is 0 Å². The highest BCUT2D eigenvalue weighted by molar-refractivity contribution is 5.81. The van der Waals surface area contributed by atoms with Crippen LogP contribution in [0.5, 0.6) is 0 Å². The van der Waals surface area contributed by atoms with Gasteiger partial charge in [0.05, 0.1) is 0 Å². The first-order valence-electron chi connectivity index (χ1n) is 6.63. The molecule has 0 bridgehead atoms. The predicted octanol–water partition coefficient (Wildman–Crippen LogP) is 2.44. The van der Waals surface area contributed by atoms with E-state index in [1.54, 1.807) is 0 Å². The van der Waals surface area contributed by atoms with Gasteiger partial charge in [0.2, 0.25) is 17.7 Å². The summed E-state index contributed by atoms with van der Waals surface area (Å²) in [5.41, 5.74) is 0.509. The summed E-state index contributed by atoms with van der Waals surface area (Å²) in [4.78, 5) is 11.7. The third kappa shape index (κ3) is 3.66. The number of rotatable bonds is 4. The largest absolute Gasteiger partial charge is 0.421 e. The molecule has 1 amide bonds. The Balaban J connectivity index is 1.90. The summed E-state index contributed by atoms with van der Waals surface area (Å²) in [7, 11) is 0. The smallest absolute Gasteiger partial charge is 0.247 e. The number of hydrogen-bond acceptors (Lipinski definition) is 4. The summed E-state index contributed by atoms with van der Waals surface area (Å²) in [5, 5.41) is 10.8. The first-order valence-corrected chi connectivity index (χ1v) is 6.63. The first kappa shape index (κ1) is 14.2. The minimum absolute atomic E-state index is 0.0142. The maximum absolute atomic E-state index is 11.7. The molecular weight excluding hydrogens is 254 g/mol. The molecule has 5 heteroatoms. The van der Waals surface area contributed by atoms with E-state index in [0.717, 1.165) is 5.56 Å². The van der Waals surface area contributed by atoms with E-state index < -0.39 is 0 Å². The highest BCUT2D eigenvalue weighted by atomic mass is 16.4. The zero-order valence-corrected chi connectivity index (χ0v) is 12.0. The third-order valence-corrected chi connectivity index (χ3v) is 2.79. The lowest BCUT2D eigenvalue weighted by atomic mass is 9.96. The number of hydrogen-bond donors (Lipinski definition) is 1. The van der Waals surface area contributed by atoms with Crippen LogP contribution in [0.2, 0.25) is 0 Å². The molecule has 0 radical (unpaired) electrons. The second-order valence-corrected chi connectivity index (χ2v) is 5.62. The number of nitrogens with one attached hydrogen (secondary N) is 1. The van der Waals surface area contributed by atoms with Gasteiger partial charge in [0.1, 0.15) is 0 Å². The van der Waals surface area contributed by atoms with Crippen molar-refractivity contribution >= 4 is 5.91 Å². The average Bonchev–Trinajstić information content (AvgIpc) is 2.87. The van der Waals surface area contributed by atoms with Crippen molar-refractivity contribution in [2.45, 2.75) is 27.2 Å². The molecule has 2 aromatic rings. The third-order valence-electron chi connectivity index (χ3n) is 2.79. The molecule has 0 saturated heterocycles. The van der Waals surface area contributed by atoms with Gasteiger partial charge in [-0.15, -0.1) is 10.2 Å². The Morgan fingerprint density at radius 3 is 2.55 bits per heavy atom. The van der Waals surface area contributed by atoms with Crippen molar-refractivity contribution in [3.63, 3.8) is 0 Å². The van der Waals surface area contributed by atoms with Gasteiger partial charge in [-0.25, -0.2) is 0 Å². The first-order chi connectivity index (χ1) is 9.47. The Hall–Kier alpha value is -2.17. The molecule has 106 valence electrons. The summed E-state index contributed by atoms with van der Waals surface area (Å²) in [6, 6.07) is 9.60. The summed E-state index contributed by atoms with van der Waals surface area (Å²) < 4.78 is 5.56. The maximum atomic E-state index is 11.7. The Morgan fingerprint density at radius 1 is 1.20 bits per heavy atom. The molecule has 0 fully saturated rings. The fourth-order valence-corrected chi connectivity index (χ4v) is 1.60. The summed E-state index contributed by atoms with van der Waals surface area (Å²) in [6.45, 7) is 6.13. The van der Waals surface area contributed by atoms with Crippen LogP contribution in [0.3, 0.4) is 0 Å². The van der Waals surface area contributed by atoms with Crippen LogP contribution < -0.4 is 5.32 Å². The van der Waals surface area contributed by atoms with Crippen LogP contribution in [0.25, 0.3) is 11.5 Å². The molecule has 20 heavy (non-hydrogen) atoms. The van der Waals surface area contributed by atoms with Crippen molar-refractivity contribution in [1.29, 1.82) is 0 Å². The highest BCUT2D eigenvalue weighted by Gasteiger charge is 2.20. The molecule has 0 unspecified atom stereocenters. The molecule has 1 aromatic heterocycles. The number of carbonyl (C=O) groups is 1. The monoisotopic (exact) mass is 273 g/mol. The van der Waals surface area contributed by atoms with Crippen LogP contribution in [0.15, 0.2) is 34.7 Å². The summed E-state index contributed by atoms with van der Waals surface area (Å²) in [6.07, 6.45) is 0.529. The van der Waals surface area contributed by atoms with Crippen LogP contribution in [0, 0.1) is 5.41 Å². The van der Waals surface area contributed by atoms with Crippen LogP contribution in [0.1, 0.15) is 26.7 Å². The van der Waals surface area contributed by atoms with Gasteiger partial charge < -0.3 is 9.73 Å². The Kier molecular flexibility index (Phi) is 4.17. The van der Waals surface area contributed by atoms with E-state index in [1.807, 2.05) is 51.1 Å². The number of nitrogens with zero attached hydrogens (tertiary/aromatic N) is 2. The maximum Gasteiger partial charge on any atom is 0.247 e. The van der Waals surface area contributed by atoms with Gasteiger partial charge >= 0.3 is 0 Å². The minimum atomic E-state index is -0.385. The summed E-state index contributed by atoms with van der Waals surface area (Å²) >= 11 is 0. The molecule has 0 aliphatic rings. The molecule has 0 aliphatic heterocycles. The van der Waals surface area contributed by atoms with Gasteiger partial charge in [-0.05, 0) is 12.1 Å². The lowest BCUT2D eigenvalue weighted by Gasteiger charge is -2.16. The normalized spacial score (nSPS) is 11.3. The molecule has 0 aliphatic carbocycles. The minimum Gasteiger partial charge on any atom is -0.421 e. The highest BCUT2D eigenvalue weighted by Crippen LogP contribution is 2.17. The van der Waals surface area contributed by atoms with Crippen molar-refractivity contribution in [2.75, 3.05) is 6.54 Å². The molecule has 1 aromatic carbocycles. The van der Waals surface area contributed by atoms with Gasteiger partial charge in [-0.3, -0.25) is 4.79 Å². The Labute approximate surface area is 118 Å². The van der Waals surface area contributed by atoms with Crippen LogP contribution in [0.4, 0.5) is 0 Å². The van der Waals surface area contributed by atoms with Crippen molar-refractivity contribution in [2.24, 2.45) is 5.41 Å². The zero-order valence-electron chi connectivity index (χ0n) is 12.0. The van der Waals surface area contributed by atoms with Crippen LogP contribution in [-0.4, -0.2) is 22.6 Å². The fourth-order valence-electron chi connectivity index (χ4n) is 1.60. The van der Waals surface area contributed by atoms with Gasteiger partial charge in [-0.2, -0.15) is 0 Å². The predicted molar refractivity (Wildman–Crippen MR) is 75.9 cm³/mol. The van der Waals surface area contributed by atoms with Gasteiger partial charge in [0.25, 0.3) is 0 Å². The van der Waals surface area contributed by atoms with Crippen molar-refractivity contribution in [3.8, 4) is 11.5 Å². The van der Waals surface area contributed by atoms with Gasteiger partial charge in [-0.1, -0.05) is 39.0 Å². The number of amides is 1. The Bertz CT molecular complexity index is 570. The van der Waals surface area contributed by atoms with Crippen LogP contribution >= 0.6 is 0 Å². The van der Waals surface area contributed by atoms with Crippen molar-refractivity contribution in [1.82, 2.24) is 15.5 Å². The number of carbonyl (C=O) groups excluding carboxylic acids is 1. The van der Waals surface area contributed by atoms with E-state index in [4.69, 9.17) is 4.42 Å². The van der Waals surface area contributed by atoms with E-state index in [-0.39, 0.29) is 11.3 Å². The topological polar surface area (TPSA) is 68.0 Å². The van der Waals surface area contributed by atoms with E-state index in [9.17, 15) is 4.79 Å². The quantitative estimate of drug-likeness (QED) is 0.929. The van der Waals surface area contributed by atoms with Crippen molar-refractivity contribution < 1.29 is 9.21 Å². The van der Waals surface area contributed by atoms with E-state index in [1.165, 1.54) is 0 Å². The zero-order chi connectivity index (χ0) is 14.6. The fraction of sp³-hybridized carbons (Fsp3) is 0.400. The number of benzene rings is 1. The number of aromatic nitrogens is 2. The van der Waals surface area contributed by atoms with Crippen LogP contribution in [-0.2, 0) is 11.2 Å². The lowest BCUT2D eigenvalue weighted by Crippen LogP contribution is -2.35. The molecule has 0 atom stereocenters. The van der Waals surface area contributed by atoms with E-state index >= 15 is 0 Å². The summed E-state index contributed by atoms with van der Waals surface area (Å²) in [5.74, 6) is 1.04. The molecule has 0 spiro atoms. The molecule has 1 heterocycles. The molecule has 0 saturated carbocycles. The Morgan fingerprint density at radius 2 is 1.90 bits per heavy atom. The molecule has 1 N–H and O–H groups in total. The molecule has 5 nitrogen and oxygen atoms in total. The second-order valence-electron chi connectivity index (χ2n) is 5.62. The van der Waals surface area contributed by atoms with E-state index in [2.05, 4.69) is 15.5 Å². The molecular formula is C15H19N3O2. The average molecular weight is 273 g/mol. The molecule has 2 rings (SSSR count). The van der Waals surface area contributed by atoms with Crippen molar-refractivity contribution in [3.05, 3.63) is 36.2 Å². The van der Waals surface area contributed by atoms with E-state index in [0.29, 0.717) is 24.7 Å². The van der Waals surface area contributed by atoms with Gasteiger partial charge in [0, 0.05) is 23.9 Å².